The van der Waals surface area contributed by atoms with Crippen molar-refractivity contribution in [2.24, 2.45) is 0 Å². The topological polar surface area (TPSA) is 102 Å². The highest BCUT2D eigenvalue weighted by Gasteiger charge is 2.30. The number of aliphatic hydroxyl groups is 1. The SMILES string of the molecule is CB(O)Nc1cnc(Cc2ccc(C(F)(F)F)cc2)c(C(=N)CO)n1. The monoisotopic (exact) mass is 352 g/mol. The van der Waals surface area contributed by atoms with E-state index in [1.165, 1.54) is 25.2 Å². The molecule has 0 aliphatic rings. The quantitative estimate of drug-likeness (QED) is 0.470. The van der Waals surface area contributed by atoms with E-state index in [0.717, 1.165) is 12.1 Å². The first-order valence-electron chi connectivity index (χ1n) is 7.36. The molecule has 0 atom stereocenters. The van der Waals surface area contributed by atoms with Crippen LogP contribution in [0.15, 0.2) is 30.5 Å². The summed E-state index contributed by atoms with van der Waals surface area (Å²) >= 11 is 0. The number of rotatable bonds is 6. The van der Waals surface area contributed by atoms with Gasteiger partial charge in [-0.3, -0.25) is 4.98 Å². The van der Waals surface area contributed by atoms with Crippen LogP contribution in [0, 0.1) is 5.41 Å². The van der Waals surface area contributed by atoms with E-state index in [1.54, 1.807) is 0 Å². The summed E-state index contributed by atoms with van der Waals surface area (Å²) < 4.78 is 37.8. The molecule has 0 saturated carbocycles. The number of nitrogens with one attached hydrogen (secondary N) is 2. The molecule has 0 saturated heterocycles. The predicted octanol–water partition coefficient (Wildman–Crippen LogP) is 1.97. The van der Waals surface area contributed by atoms with Gasteiger partial charge in [0.15, 0.2) is 0 Å². The summed E-state index contributed by atoms with van der Waals surface area (Å²) in [6.07, 6.45) is -2.91. The molecule has 1 heterocycles. The highest BCUT2D eigenvalue weighted by molar-refractivity contribution is 6.52. The Morgan fingerprint density at radius 1 is 1.28 bits per heavy atom. The van der Waals surface area contributed by atoms with Crippen LogP contribution < -0.4 is 5.23 Å². The Labute approximate surface area is 142 Å². The van der Waals surface area contributed by atoms with Crippen LogP contribution in [0.2, 0.25) is 6.82 Å². The molecule has 2 aromatic rings. The van der Waals surface area contributed by atoms with Crippen LogP contribution in [0.3, 0.4) is 0 Å². The van der Waals surface area contributed by atoms with Gasteiger partial charge in [-0.05, 0) is 24.5 Å². The smallest absolute Gasteiger partial charge is 0.416 e. The molecule has 0 aliphatic carbocycles. The van der Waals surface area contributed by atoms with Gasteiger partial charge in [0.1, 0.15) is 11.5 Å². The van der Waals surface area contributed by atoms with Crippen LogP contribution in [0.4, 0.5) is 19.0 Å². The van der Waals surface area contributed by atoms with Crippen molar-refractivity contribution in [2.45, 2.75) is 19.4 Å². The standard InChI is InChI=1S/C15H16BF3N4O2/c1-16(25)23-13-7-21-12(14(22-13)11(20)8-24)6-9-2-4-10(5-3-9)15(17,18)19/h2-5,7,20,24-25H,6,8H2,1H3,(H,22,23). The minimum atomic E-state index is -4.41. The Balaban J connectivity index is 2.30. The number of hydrogen-bond donors (Lipinski definition) is 4. The molecule has 0 radical (unpaired) electrons. The summed E-state index contributed by atoms with van der Waals surface area (Å²) in [5, 5.41) is 28.9. The van der Waals surface area contributed by atoms with Crippen molar-refractivity contribution >= 4 is 18.6 Å². The Kier molecular flexibility index (Phi) is 5.75. The lowest BCUT2D eigenvalue weighted by atomic mass is 9.89. The third-order valence-electron chi connectivity index (χ3n) is 3.30. The van der Waals surface area contributed by atoms with Gasteiger partial charge in [0.05, 0.1) is 29.8 Å². The average molecular weight is 352 g/mol. The number of halogens is 3. The summed E-state index contributed by atoms with van der Waals surface area (Å²) in [6.45, 7) is 0.918. The summed E-state index contributed by atoms with van der Waals surface area (Å²) in [6, 6.07) is 4.62. The van der Waals surface area contributed by atoms with Crippen molar-refractivity contribution < 1.29 is 23.3 Å². The normalized spacial score (nSPS) is 11.3. The van der Waals surface area contributed by atoms with Crippen molar-refractivity contribution in [3.8, 4) is 0 Å². The largest absolute Gasteiger partial charge is 0.433 e. The van der Waals surface area contributed by atoms with E-state index in [2.05, 4.69) is 15.2 Å². The predicted molar refractivity (Wildman–Crippen MR) is 87.7 cm³/mol. The van der Waals surface area contributed by atoms with E-state index in [4.69, 9.17) is 5.41 Å². The maximum absolute atomic E-state index is 12.6. The molecule has 0 unspecified atom stereocenters. The lowest BCUT2D eigenvalue weighted by Gasteiger charge is -2.12. The van der Waals surface area contributed by atoms with Crippen molar-refractivity contribution in [2.75, 3.05) is 11.8 Å². The number of hydrogen-bond acceptors (Lipinski definition) is 6. The van der Waals surface area contributed by atoms with Crippen LogP contribution in [-0.2, 0) is 12.6 Å². The van der Waals surface area contributed by atoms with Crippen molar-refractivity contribution in [3.05, 3.63) is 53.0 Å². The molecular weight excluding hydrogens is 336 g/mol. The number of aromatic nitrogens is 2. The number of alkyl halides is 3. The van der Waals surface area contributed by atoms with Crippen LogP contribution >= 0.6 is 0 Å². The fraction of sp³-hybridized carbons (Fsp3) is 0.267. The van der Waals surface area contributed by atoms with Gasteiger partial charge in [0.25, 0.3) is 0 Å². The zero-order valence-electron chi connectivity index (χ0n) is 13.3. The van der Waals surface area contributed by atoms with Crippen LogP contribution in [0.1, 0.15) is 22.5 Å². The molecule has 2 rings (SSSR count). The van der Waals surface area contributed by atoms with Crippen LogP contribution in [0.5, 0.6) is 0 Å². The van der Waals surface area contributed by atoms with E-state index >= 15 is 0 Å². The van der Waals surface area contributed by atoms with E-state index in [-0.39, 0.29) is 23.6 Å². The molecule has 1 aromatic heterocycles. The van der Waals surface area contributed by atoms with E-state index in [1.807, 2.05) is 0 Å². The third kappa shape index (κ3) is 5.01. The maximum atomic E-state index is 12.6. The second-order valence-electron chi connectivity index (χ2n) is 5.38. The third-order valence-corrected chi connectivity index (χ3v) is 3.30. The van der Waals surface area contributed by atoms with Crippen molar-refractivity contribution in [3.63, 3.8) is 0 Å². The molecule has 6 nitrogen and oxygen atoms in total. The summed E-state index contributed by atoms with van der Waals surface area (Å²) in [7, 11) is -0.883. The molecule has 132 valence electrons. The first kappa shape index (κ1) is 18.9. The molecule has 4 N–H and O–H groups in total. The minimum Gasteiger partial charge on any atom is -0.433 e. The summed E-state index contributed by atoms with van der Waals surface area (Å²) in [5.74, 6) is 0.222. The first-order valence-corrected chi connectivity index (χ1v) is 7.36. The Bertz CT molecular complexity index is 751. The van der Waals surface area contributed by atoms with Crippen LogP contribution in [-0.4, -0.2) is 39.5 Å². The molecule has 0 spiro atoms. The molecule has 0 fully saturated rings. The Morgan fingerprint density at radius 2 is 1.92 bits per heavy atom. The lowest BCUT2D eigenvalue weighted by molar-refractivity contribution is -0.137. The minimum absolute atomic E-state index is 0.119. The number of anilines is 1. The highest BCUT2D eigenvalue weighted by Crippen LogP contribution is 2.29. The van der Waals surface area contributed by atoms with Crippen molar-refractivity contribution in [1.29, 1.82) is 5.41 Å². The van der Waals surface area contributed by atoms with Gasteiger partial charge >= 0.3 is 13.2 Å². The van der Waals surface area contributed by atoms with Gasteiger partial charge in [-0.2, -0.15) is 13.2 Å². The zero-order valence-corrected chi connectivity index (χ0v) is 13.3. The second-order valence-corrected chi connectivity index (χ2v) is 5.38. The van der Waals surface area contributed by atoms with Gasteiger partial charge in [0, 0.05) is 6.42 Å². The Hall–Kier alpha value is -2.46. The molecule has 10 heteroatoms. The first-order chi connectivity index (χ1) is 11.7. The van der Waals surface area contributed by atoms with Gasteiger partial charge in [0.2, 0.25) is 0 Å². The molecular formula is C15H16BF3N4O2. The van der Waals surface area contributed by atoms with Gasteiger partial charge in [-0.15, -0.1) is 0 Å². The molecule has 1 aromatic carbocycles. The average Bonchev–Trinajstić information content (AvgIpc) is 2.54. The van der Waals surface area contributed by atoms with E-state index in [0.29, 0.717) is 11.3 Å². The maximum Gasteiger partial charge on any atom is 0.416 e. The van der Waals surface area contributed by atoms with E-state index in [9.17, 15) is 23.3 Å². The number of benzene rings is 1. The van der Waals surface area contributed by atoms with Gasteiger partial charge in [-0.25, -0.2) is 4.98 Å². The second kappa shape index (κ2) is 7.62. The molecule has 0 amide bonds. The fourth-order valence-electron chi connectivity index (χ4n) is 2.15. The van der Waals surface area contributed by atoms with Gasteiger partial charge < -0.3 is 20.8 Å². The summed E-state index contributed by atoms with van der Waals surface area (Å²) in [5.41, 5.74) is 0.0966. The number of aliphatic hydroxyl groups excluding tert-OH is 1. The van der Waals surface area contributed by atoms with E-state index < -0.39 is 25.4 Å². The molecule has 0 bridgehead atoms. The molecule has 25 heavy (non-hydrogen) atoms. The highest BCUT2D eigenvalue weighted by atomic mass is 19.4. The zero-order chi connectivity index (χ0) is 18.6. The van der Waals surface area contributed by atoms with Gasteiger partial charge in [-0.1, -0.05) is 12.1 Å². The van der Waals surface area contributed by atoms with Crippen LogP contribution in [0.25, 0.3) is 0 Å². The summed E-state index contributed by atoms with van der Waals surface area (Å²) in [4.78, 5) is 8.30. The lowest BCUT2D eigenvalue weighted by Crippen LogP contribution is -2.22. The number of nitrogens with zero attached hydrogens (tertiary/aromatic N) is 2. The molecule has 0 aliphatic heterocycles. The fourth-order valence-corrected chi connectivity index (χ4v) is 2.15. The Morgan fingerprint density at radius 3 is 2.44 bits per heavy atom. The van der Waals surface area contributed by atoms with Crippen molar-refractivity contribution in [1.82, 2.24) is 9.97 Å².